The maximum Gasteiger partial charge on any atom is 0.222 e. The third-order valence-electron chi connectivity index (χ3n) is 4.57. The highest BCUT2D eigenvalue weighted by molar-refractivity contribution is 5.83. The van der Waals surface area contributed by atoms with Gasteiger partial charge in [-0.2, -0.15) is 0 Å². The molecule has 1 aliphatic rings. The minimum absolute atomic E-state index is 0.346. The fourth-order valence-electron chi connectivity index (χ4n) is 3.40. The number of H-pyrrole nitrogens is 1. The van der Waals surface area contributed by atoms with Gasteiger partial charge in [-0.3, -0.25) is 4.79 Å². The average Bonchev–Trinajstić information content (AvgIpc) is 3.13. The molecule has 2 heterocycles. The predicted octanol–water partition coefficient (Wildman–Crippen LogP) is 3.89. The molecule has 1 atom stereocenters. The van der Waals surface area contributed by atoms with Gasteiger partial charge in [0.25, 0.3) is 0 Å². The maximum atomic E-state index is 12.3. The van der Waals surface area contributed by atoms with E-state index in [0.29, 0.717) is 18.4 Å². The number of carbonyl (C=O) groups is 1. The fourth-order valence-corrected chi connectivity index (χ4v) is 3.40. The Balaban J connectivity index is 1.72. The molecule has 1 aromatic heterocycles. The Hall–Kier alpha value is -1.77. The van der Waals surface area contributed by atoms with E-state index in [1.165, 1.54) is 16.5 Å². The zero-order valence-electron chi connectivity index (χ0n) is 12.8. The second-order valence-corrected chi connectivity index (χ2v) is 6.05. The van der Waals surface area contributed by atoms with E-state index in [-0.39, 0.29) is 0 Å². The molecule has 0 saturated carbocycles. The summed E-state index contributed by atoms with van der Waals surface area (Å²) in [7, 11) is 0. The van der Waals surface area contributed by atoms with E-state index < -0.39 is 0 Å². The number of hydrogen-bond acceptors (Lipinski definition) is 1. The van der Waals surface area contributed by atoms with E-state index in [2.05, 4.69) is 47.3 Å². The molecule has 0 spiro atoms. The fraction of sp³-hybridized carbons (Fsp3) is 0.500. The van der Waals surface area contributed by atoms with Crippen LogP contribution in [0.1, 0.15) is 44.6 Å². The first-order valence-corrected chi connectivity index (χ1v) is 8.14. The molecule has 1 aromatic carbocycles. The van der Waals surface area contributed by atoms with Gasteiger partial charge in [0, 0.05) is 36.1 Å². The third kappa shape index (κ3) is 2.97. The van der Waals surface area contributed by atoms with Crippen molar-refractivity contribution in [2.45, 2.75) is 51.5 Å². The Kier molecular flexibility index (Phi) is 4.28. The number of fused-ring (bicyclic) bond motifs is 1. The van der Waals surface area contributed by atoms with Gasteiger partial charge in [0.2, 0.25) is 5.91 Å². The monoisotopic (exact) mass is 284 g/mol. The smallest absolute Gasteiger partial charge is 0.222 e. The minimum atomic E-state index is 0.346. The van der Waals surface area contributed by atoms with Crippen molar-refractivity contribution in [2.75, 3.05) is 6.54 Å². The third-order valence-corrected chi connectivity index (χ3v) is 4.57. The van der Waals surface area contributed by atoms with E-state index >= 15 is 0 Å². The van der Waals surface area contributed by atoms with Crippen molar-refractivity contribution >= 4 is 16.8 Å². The number of benzene rings is 1. The number of unbranched alkanes of at least 4 members (excludes halogenated alkanes) is 1. The molecular weight excluding hydrogens is 260 g/mol. The van der Waals surface area contributed by atoms with Gasteiger partial charge in [0.1, 0.15) is 0 Å². The van der Waals surface area contributed by atoms with E-state index in [1.807, 2.05) is 0 Å². The van der Waals surface area contributed by atoms with Gasteiger partial charge >= 0.3 is 0 Å². The van der Waals surface area contributed by atoms with Gasteiger partial charge in [-0.25, -0.2) is 0 Å². The highest BCUT2D eigenvalue weighted by atomic mass is 16.2. The van der Waals surface area contributed by atoms with Crippen LogP contribution >= 0.6 is 0 Å². The van der Waals surface area contributed by atoms with Gasteiger partial charge < -0.3 is 9.88 Å². The summed E-state index contributed by atoms with van der Waals surface area (Å²) in [6, 6.07) is 8.79. The van der Waals surface area contributed by atoms with E-state index in [0.717, 1.165) is 38.6 Å². The van der Waals surface area contributed by atoms with Crippen molar-refractivity contribution in [3.05, 3.63) is 36.0 Å². The molecule has 1 N–H and O–H groups in total. The lowest BCUT2D eigenvalue weighted by molar-refractivity contribution is -0.132. The number of carbonyl (C=O) groups excluding carboxylic acids is 1. The summed E-state index contributed by atoms with van der Waals surface area (Å²) < 4.78 is 0. The van der Waals surface area contributed by atoms with Crippen LogP contribution in [0.15, 0.2) is 30.5 Å². The summed E-state index contributed by atoms with van der Waals surface area (Å²) in [6.45, 7) is 3.08. The van der Waals surface area contributed by atoms with E-state index in [4.69, 9.17) is 0 Å². The van der Waals surface area contributed by atoms with Crippen molar-refractivity contribution in [3.63, 3.8) is 0 Å². The lowest BCUT2D eigenvalue weighted by Gasteiger charge is -2.24. The summed E-state index contributed by atoms with van der Waals surface area (Å²) >= 11 is 0. The number of aromatic amines is 1. The highest BCUT2D eigenvalue weighted by Crippen LogP contribution is 2.26. The topological polar surface area (TPSA) is 36.1 Å². The maximum absolute atomic E-state index is 12.3. The SMILES string of the molecule is CCCCC(=O)N1CCCC1Cc1c[nH]c2ccccc12. The number of hydrogen-bond donors (Lipinski definition) is 1. The Morgan fingerprint density at radius 2 is 2.24 bits per heavy atom. The van der Waals surface area contributed by atoms with Crippen molar-refractivity contribution in [1.29, 1.82) is 0 Å². The molecule has 2 aromatic rings. The molecule has 3 nitrogen and oxygen atoms in total. The van der Waals surface area contributed by atoms with E-state index in [9.17, 15) is 4.79 Å². The Bertz CT molecular complexity index is 616. The molecule has 0 aliphatic carbocycles. The molecule has 112 valence electrons. The second kappa shape index (κ2) is 6.33. The number of rotatable bonds is 5. The van der Waals surface area contributed by atoms with Crippen LogP contribution in [0.5, 0.6) is 0 Å². The van der Waals surface area contributed by atoms with Crippen molar-refractivity contribution < 1.29 is 4.79 Å². The summed E-state index contributed by atoms with van der Waals surface area (Å²) in [4.78, 5) is 17.8. The number of amides is 1. The number of aromatic nitrogens is 1. The largest absolute Gasteiger partial charge is 0.361 e. The molecule has 21 heavy (non-hydrogen) atoms. The Morgan fingerprint density at radius 1 is 1.38 bits per heavy atom. The molecule has 1 unspecified atom stereocenters. The molecule has 3 heteroatoms. The molecule has 0 bridgehead atoms. The van der Waals surface area contributed by atoms with Crippen LogP contribution in [0.2, 0.25) is 0 Å². The lowest BCUT2D eigenvalue weighted by Crippen LogP contribution is -2.36. The summed E-state index contributed by atoms with van der Waals surface area (Å²) in [5.74, 6) is 0.346. The summed E-state index contributed by atoms with van der Waals surface area (Å²) in [5.41, 5.74) is 2.53. The average molecular weight is 284 g/mol. The Labute approximate surface area is 126 Å². The molecule has 1 saturated heterocycles. The second-order valence-electron chi connectivity index (χ2n) is 6.05. The van der Waals surface area contributed by atoms with Gasteiger partial charge in [0.15, 0.2) is 0 Å². The molecular formula is C18H24N2O. The highest BCUT2D eigenvalue weighted by Gasteiger charge is 2.28. The van der Waals surface area contributed by atoms with Crippen LogP contribution in [0.4, 0.5) is 0 Å². The molecule has 1 amide bonds. The first kappa shape index (κ1) is 14.2. The van der Waals surface area contributed by atoms with Crippen LogP contribution in [0, 0.1) is 0 Å². The number of likely N-dealkylation sites (tertiary alicyclic amines) is 1. The van der Waals surface area contributed by atoms with Crippen LogP contribution in [0.25, 0.3) is 10.9 Å². The first-order chi connectivity index (χ1) is 10.3. The molecule has 1 aliphatic heterocycles. The zero-order chi connectivity index (χ0) is 14.7. The van der Waals surface area contributed by atoms with Crippen molar-refractivity contribution in [2.24, 2.45) is 0 Å². The normalized spacial score (nSPS) is 18.5. The summed E-state index contributed by atoms with van der Waals surface area (Å²) in [5, 5.41) is 1.30. The first-order valence-electron chi connectivity index (χ1n) is 8.14. The van der Waals surface area contributed by atoms with Gasteiger partial charge in [-0.15, -0.1) is 0 Å². The number of nitrogens with zero attached hydrogens (tertiary/aromatic N) is 1. The Morgan fingerprint density at radius 3 is 3.10 bits per heavy atom. The molecule has 3 rings (SSSR count). The van der Waals surface area contributed by atoms with E-state index in [1.54, 1.807) is 0 Å². The molecule has 0 radical (unpaired) electrons. The van der Waals surface area contributed by atoms with Crippen molar-refractivity contribution in [1.82, 2.24) is 9.88 Å². The zero-order valence-corrected chi connectivity index (χ0v) is 12.8. The van der Waals surface area contributed by atoms with Crippen LogP contribution in [0.3, 0.4) is 0 Å². The predicted molar refractivity (Wildman–Crippen MR) is 86.3 cm³/mol. The molecule has 1 fully saturated rings. The van der Waals surface area contributed by atoms with Crippen LogP contribution in [-0.2, 0) is 11.2 Å². The van der Waals surface area contributed by atoms with Crippen LogP contribution in [-0.4, -0.2) is 28.4 Å². The van der Waals surface area contributed by atoms with Crippen LogP contribution < -0.4 is 0 Å². The van der Waals surface area contributed by atoms with Gasteiger partial charge in [-0.1, -0.05) is 31.5 Å². The van der Waals surface area contributed by atoms with Gasteiger partial charge in [-0.05, 0) is 37.3 Å². The number of nitrogens with one attached hydrogen (secondary N) is 1. The van der Waals surface area contributed by atoms with Gasteiger partial charge in [0.05, 0.1) is 0 Å². The minimum Gasteiger partial charge on any atom is -0.361 e. The summed E-state index contributed by atoms with van der Waals surface area (Å²) in [6.07, 6.45) is 8.17. The quantitative estimate of drug-likeness (QED) is 0.888. The van der Waals surface area contributed by atoms with Crippen molar-refractivity contribution in [3.8, 4) is 0 Å². The standard InChI is InChI=1S/C18H24N2O/c1-2-3-10-18(21)20-11-6-7-15(20)12-14-13-19-17-9-5-4-8-16(14)17/h4-5,8-9,13,15,19H,2-3,6-7,10-12H2,1H3. The lowest BCUT2D eigenvalue weighted by atomic mass is 10.0. The number of para-hydroxylation sites is 1.